The highest BCUT2D eigenvalue weighted by Gasteiger charge is 2.47. The first-order chi connectivity index (χ1) is 15.5. The molecule has 2 fully saturated rings. The molecule has 2 saturated heterocycles. The Morgan fingerprint density at radius 3 is 2.71 bits per heavy atom. The molecule has 0 aliphatic carbocycles. The first-order valence-electron chi connectivity index (χ1n) is 11.2. The maximum atomic E-state index is 6.52. The molecule has 4 aromatic rings. The van der Waals surface area contributed by atoms with Crippen molar-refractivity contribution in [3.8, 4) is 11.1 Å². The summed E-state index contributed by atoms with van der Waals surface area (Å²) in [5.41, 5.74) is 11.5. The van der Waals surface area contributed by atoms with Crippen molar-refractivity contribution in [2.24, 2.45) is 11.1 Å². The number of hydrogen-bond acceptors (Lipinski definition) is 5. The van der Waals surface area contributed by atoms with Gasteiger partial charge < -0.3 is 20.4 Å². The molecule has 182 valence electrons. The van der Waals surface area contributed by atoms with Gasteiger partial charge in [-0.25, -0.2) is 9.97 Å². The van der Waals surface area contributed by atoms with Crippen LogP contribution >= 0.6 is 38.6 Å². The van der Waals surface area contributed by atoms with E-state index in [1.165, 1.54) is 0 Å². The number of imidazole rings is 1. The Balaban J connectivity index is 0.00000137. The molecule has 7 nitrogen and oxygen atoms in total. The summed E-state index contributed by atoms with van der Waals surface area (Å²) in [5.74, 6) is 0.930. The van der Waals surface area contributed by atoms with Crippen LogP contribution in [0.25, 0.3) is 27.7 Å². The smallest absolute Gasteiger partial charge is 0.211 e. The van der Waals surface area contributed by atoms with Crippen molar-refractivity contribution in [3.63, 3.8) is 0 Å². The lowest BCUT2D eigenvalue weighted by Gasteiger charge is -2.41. The van der Waals surface area contributed by atoms with E-state index in [9.17, 15) is 0 Å². The lowest BCUT2D eigenvalue weighted by atomic mass is 9.73. The Hall–Kier alpha value is -1.91. The number of aromatic nitrogens is 4. The van der Waals surface area contributed by atoms with Crippen molar-refractivity contribution >= 4 is 61.1 Å². The number of piperidine rings is 1. The summed E-state index contributed by atoms with van der Waals surface area (Å²) in [5, 5.41) is 1.78. The number of nitrogens with zero attached hydrogens (tertiary/aromatic N) is 4. The minimum Gasteiger partial charge on any atom is -0.376 e. The molecule has 0 bridgehead atoms. The third-order valence-corrected chi connectivity index (χ3v) is 7.71. The Kier molecular flexibility index (Phi) is 6.87. The van der Waals surface area contributed by atoms with Gasteiger partial charge in [0.2, 0.25) is 5.95 Å². The number of aromatic amines is 1. The summed E-state index contributed by atoms with van der Waals surface area (Å²) >= 11 is 6.45. The maximum absolute atomic E-state index is 6.52. The Labute approximate surface area is 217 Å². The minimum absolute atomic E-state index is 0. The van der Waals surface area contributed by atoms with E-state index in [0.29, 0.717) is 5.02 Å². The van der Waals surface area contributed by atoms with Crippen molar-refractivity contribution in [2.45, 2.75) is 38.8 Å². The zero-order valence-corrected chi connectivity index (χ0v) is 22.1. The van der Waals surface area contributed by atoms with E-state index in [4.69, 9.17) is 32.0 Å². The number of rotatable bonds is 2. The molecule has 1 aromatic carbocycles. The minimum atomic E-state index is 0. The molecule has 10 heteroatoms. The molecule has 0 saturated carbocycles. The monoisotopic (exact) mass is 518 g/mol. The predicted molar refractivity (Wildman–Crippen MR) is 148 cm³/mol. The molecule has 0 radical (unpaired) electrons. The van der Waals surface area contributed by atoms with E-state index in [2.05, 4.69) is 28.1 Å². The zero-order chi connectivity index (χ0) is 22.0. The first kappa shape index (κ1) is 25.2. The summed E-state index contributed by atoms with van der Waals surface area (Å²) in [6.45, 7) is 6.70. The summed E-state index contributed by atoms with van der Waals surface area (Å²) in [6, 6.07) is 6.10. The fourth-order valence-electron chi connectivity index (χ4n) is 5.57. The Bertz CT molecular complexity index is 1330. The number of halogens is 1. The van der Waals surface area contributed by atoms with Crippen LogP contribution in [0.15, 0.2) is 36.8 Å². The second kappa shape index (κ2) is 9.28. The predicted octanol–water partition coefficient (Wildman–Crippen LogP) is 4.40. The van der Waals surface area contributed by atoms with Gasteiger partial charge in [-0.1, -0.05) is 11.6 Å². The van der Waals surface area contributed by atoms with Crippen molar-refractivity contribution in [1.82, 2.24) is 19.4 Å². The average molecular weight is 519 g/mol. The molecule has 3 N–H and O–H groups in total. The molecule has 6 rings (SSSR count). The second-order valence-corrected chi connectivity index (χ2v) is 9.72. The zero-order valence-electron chi connectivity index (χ0n) is 19.3. The van der Waals surface area contributed by atoms with Crippen LogP contribution in [0.3, 0.4) is 0 Å². The van der Waals surface area contributed by atoms with E-state index >= 15 is 0 Å². The summed E-state index contributed by atoms with van der Waals surface area (Å²) < 4.78 is 7.99. The number of H-pyrrole nitrogens is 1. The molecule has 3 aromatic heterocycles. The number of nitrogens with two attached hydrogens (primary N) is 1. The van der Waals surface area contributed by atoms with Gasteiger partial charge >= 0.3 is 0 Å². The van der Waals surface area contributed by atoms with Gasteiger partial charge in [-0.05, 0) is 44.9 Å². The number of aryl methyl sites for hydroxylation is 1. The number of anilines is 1. The Morgan fingerprint density at radius 2 is 2.00 bits per heavy atom. The van der Waals surface area contributed by atoms with Gasteiger partial charge in [0.15, 0.2) is 0 Å². The number of nitrogens with one attached hydrogen (secondary N) is 1. The van der Waals surface area contributed by atoms with Crippen LogP contribution in [0.4, 0.5) is 5.95 Å². The average Bonchev–Trinajstić information content (AvgIpc) is 3.51. The molecule has 2 aliphatic heterocycles. The van der Waals surface area contributed by atoms with Gasteiger partial charge in [0.25, 0.3) is 0 Å². The fraction of sp³-hybridized carbons (Fsp3) is 0.417. The van der Waals surface area contributed by atoms with Crippen LogP contribution in [-0.4, -0.2) is 51.2 Å². The van der Waals surface area contributed by atoms with Crippen LogP contribution in [0, 0.1) is 12.3 Å². The van der Waals surface area contributed by atoms with Gasteiger partial charge in [-0.3, -0.25) is 4.40 Å². The number of fused-ring (bicyclic) bond motifs is 2. The van der Waals surface area contributed by atoms with E-state index in [0.717, 1.165) is 71.9 Å². The van der Waals surface area contributed by atoms with E-state index in [1.807, 2.05) is 36.8 Å². The van der Waals surface area contributed by atoms with Gasteiger partial charge in [0, 0.05) is 64.7 Å². The normalized spacial score (nSPS) is 21.7. The quantitative estimate of drug-likeness (QED) is 0.411. The fourth-order valence-corrected chi connectivity index (χ4v) is 5.79. The molecule has 34 heavy (non-hydrogen) atoms. The lowest BCUT2D eigenvalue weighted by Crippen LogP contribution is -2.51. The molecule has 0 unspecified atom stereocenters. The highest BCUT2D eigenvalue weighted by atomic mass is 35.5. The molecule has 2 aliphatic rings. The summed E-state index contributed by atoms with van der Waals surface area (Å²) in [7, 11) is 0. The molecule has 2 atom stereocenters. The van der Waals surface area contributed by atoms with Gasteiger partial charge in [-0.2, -0.15) is 27.0 Å². The number of ether oxygens (including phenoxy) is 1. The van der Waals surface area contributed by atoms with Crippen LogP contribution < -0.4 is 10.6 Å². The van der Waals surface area contributed by atoms with Crippen LogP contribution in [-0.2, 0) is 4.74 Å². The lowest BCUT2D eigenvalue weighted by molar-refractivity contribution is 0.0973. The van der Waals surface area contributed by atoms with Crippen molar-refractivity contribution in [3.05, 3.63) is 47.5 Å². The second-order valence-electron chi connectivity index (χ2n) is 9.28. The highest BCUT2D eigenvalue weighted by molar-refractivity contribution is 7.59. The molecule has 1 spiro atoms. The SMILES string of the molecule is Cc1nc(N2CCC3(CC2)CO[C@@H](C)[C@H]3N)n2ccnc2c1-c1cc(Cl)cc2cc[nH]c12.S.S. The van der Waals surface area contributed by atoms with E-state index in [1.54, 1.807) is 0 Å². The summed E-state index contributed by atoms with van der Waals surface area (Å²) in [6.07, 6.45) is 7.92. The summed E-state index contributed by atoms with van der Waals surface area (Å²) in [4.78, 5) is 15.5. The topological polar surface area (TPSA) is 84.5 Å². The Morgan fingerprint density at radius 1 is 1.24 bits per heavy atom. The third-order valence-electron chi connectivity index (χ3n) is 7.49. The standard InChI is InChI=1S/C24H27ClN6O.2H2S/c1-14-19(18-12-17(25)11-16-3-6-27-20(16)18)22-28-7-10-31(22)23(29-14)30-8-4-24(5-9-30)13-32-15(2)21(24)26;;/h3,6-7,10-12,15,21,27H,4-5,8-9,13,26H2,1-2H3;2*1H2/t15-,21+;;/m0../s1. The van der Waals surface area contributed by atoms with Crippen LogP contribution in [0.2, 0.25) is 5.02 Å². The van der Waals surface area contributed by atoms with Crippen molar-refractivity contribution in [2.75, 3.05) is 24.6 Å². The molecular weight excluding hydrogens is 488 g/mol. The van der Waals surface area contributed by atoms with Gasteiger partial charge in [-0.15, -0.1) is 0 Å². The molecule has 0 amide bonds. The largest absolute Gasteiger partial charge is 0.376 e. The number of benzene rings is 1. The third kappa shape index (κ3) is 3.78. The highest BCUT2D eigenvalue weighted by Crippen LogP contribution is 2.42. The molecule has 5 heterocycles. The van der Waals surface area contributed by atoms with Gasteiger partial charge in [0.05, 0.1) is 23.9 Å². The van der Waals surface area contributed by atoms with E-state index in [-0.39, 0.29) is 44.6 Å². The first-order valence-corrected chi connectivity index (χ1v) is 11.6. The van der Waals surface area contributed by atoms with Gasteiger partial charge in [0.1, 0.15) is 5.65 Å². The van der Waals surface area contributed by atoms with Crippen LogP contribution in [0.5, 0.6) is 0 Å². The molecular formula is C24H31ClN6OS2. The van der Waals surface area contributed by atoms with Crippen molar-refractivity contribution in [1.29, 1.82) is 0 Å². The van der Waals surface area contributed by atoms with E-state index < -0.39 is 0 Å². The van der Waals surface area contributed by atoms with Crippen molar-refractivity contribution < 1.29 is 4.74 Å². The maximum Gasteiger partial charge on any atom is 0.211 e. The number of hydrogen-bond donors (Lipinski definition) is 2. The van der Waals surface area contributed by atoms with Crippen LogP contribution in [0.1, 0.15) is 25.5 Å².